The summed E-state index contributed by atoms with van der Waals surface area (Å²) in [6.45, 7) is 1.90. The monoisotopic (exact) mass is 567 g/mol. The highest BCUT2D eigenvalue weighted by Crippen LogP contribution is 2.39. The second-order valence-electron chi connectivity index (χ2n) is 8.39. The quantitative estimate of drug-likeness (QED) is 0.394. The molecule has 4 rings (SSSR count). The summed E-state index contributed by atoms with van der Waals surface area (Å²) < 4.78 is 0. The summed E-state index contributed by atoms with van der Waals surface area (Å²) in [5, 5.41) is 24.9. The van der Waals surface area contributed by atoms with Gasteiger partial charge in [-0.2, -0.15) is 10.5 Å². The third kappa shape index (κ3) is 8.46. The lowest BCUT2D eigenvalue weighted by Gasteiger charge is -2.25. The molecule has 2 heterocycles. The van der Waals surface area contributed by atoms with E-state index in [0.717, 1.165) is 36.5 Å². The third-order valence-electron chi connectivity index (χ3n) is 5.70. The predicted molar refractivity (Wildman–Crippen MR) is 142 cm³/mol. The summed E-state index contributed by atoms with van der Waals surface area (Å²) in [4.78, 5) is 32.0. The van der Waals surface area contributed by atoms with Crippen LogP contribution in [0.15, 0.2) is 59.7 Å². The maximum Gasteiger partial charge on any atom is 0.328 e. The second-order valence-corrected chi connectivity index (χ2v) is 9.67. The lowest BCUT2D eigenvalue weighted by Crippen LogP contribution is -3.20. The molecule has 2 aliphatic rings. The average Bonchev–Trinajstić information content (AvgIpc) is 3.29. The van der Waals surface area contributed by atoms with Crippen LogP contribution in [0.3, 0.4) is 0 Å². The van der Waals surface area contributed by atoms with E-state index in [-0.39, 0.29) is 11.9 Å². The molecule has 1 atom stereocenters. The second kappa shape index (κ2) is 13.4. The van der Waals surface area contributed by atoms with E-state index in [2.05, 4.69) is 10.5 Å². The summed E-state index contributed by atoms with van der Waals surface area (Å²) in [5.74, 6) is -2.65. The van der Waals surface area contributed by atoms with Crippen LogP contribution in [0.5, 0.6) is 0 Å². The van der Waals surface area contributed by atoms with Crippen molar-refractivity contribution in [1.29, 1.82) is 0 Å². The lowest BCUT2D eigenvalue weighted by atomic mass is 10.0. The smallest absolute Gasteiger partial charge is 0.328 e. The van der Waals surface area contributed by atoms with Gasteiger partial charge in [-0.15, -0.1) is 0 Å². The lowest BCUT2D eigenvalue weighted by molar-refractivity contribution is -0.940. The predicted octanol–water partition coefficient (Wildman–Crippen LogP) is 3.77. The van der Waals surface area contributed by atoms with Crippen molar-refractivity contribution in [3.05, 3.63) is 75.2 Å². The van der Waals surface area contributed by atoms with E-state index >= 15 is 0 Å². The SMILES string of the molecule is O=C(N[NH+]1CCCCC1)C1=NN(c2ccc(Cl)cc2Cl)[C@@H](c2ccc(Cl)cc2)C1.O=C(O)/C=C/C(=O)O. The molecule has 196 valence electrons. The normalized spacial score (nSPS) is 17.6. The molecule has 2 aromatic carbocycles. The molecule has 0 unspecified atom stereocenters. The van der Waals surface area contributed by atoms with Crippen LogP contribution < -0.4 is 15.4 Å². The molecule has 0 radical (unpaired) electrons. The number of piperidine rings is 1. The molecule has 0 aliphatic carbocycles. The number of rotatable bonds is 6. The van der Waals surface area contributed by atoms with Crippen LogP contribution in [-0.2, 0) is 14.4 Å². The number of nitrogens with one attached hydrogen (secondary N) is 2. The molecule has 2 aliphatic heterocycles. The first-order chi connectivity index (χ1) is 17.6. The number of carboxylic acids is 2. The summed E-state index contributed by atoms with van der Waals surface area (Å²) in [6.07, 6.45) is 5.08. The number of hydrogen-bond acceptors (Lipinski definition) is 5. The minimum Gasteiger partial charge on any atom is -0.478 e. The van der Waals surface area contributed by atoms with Crippen molar-refractivity contribution in [1.82, 2.24) is 5.43 Å². The van der Waals surface area contributed by atoms with Crippen LogP contribution in [0.25, 0.3) is 0 Å². The molecule has 2 aromatic rings. The molecular formula is C25H26Cl3N4O5+. The van der Waals surface area contributed by atoms with Crippen LogP contribution in [0.1, 0.15) is 37.3 Å². The largest absolute Gasteiger partial charge is 0.478 e. The first-order valence-electron chi connectivity index (χ1n) is 11.5. The Morgan fingerprint density at radius 2 is 1.51 bits per heavy atom. The van der Waals surface area contributed by atoms with E-state index in [4.69, 9.17) is 45.0 Å². The van der Waals surface area contributed by atoms with E-state index in [0.29, 0.717) is 45.0 Å². The fourth-order valence-electron chi connectivity index (χ4n) is 3.96. The highest BCUT2D eigenvalue weighted by Gasteiger charge is 2.34. The Hall–Kier alpha value is -3.11. The van der Waals surface area contributed by atoms with E-state index in [1.54, 1.807) is 12.1 Å². The minimum absolute atomic E-state index is 0.131. The molecular weight excluding hydrogens is 543 g/mol. The maximum atomic E-state index is 12.9. The Balaban J connectivity index is 0.000000414. The van der Waals surface area contributed by atoms with Crippen molar-refractivity contribution < 1.29 is 29.6 Å². The van der Waals surface area contributed by atoms with Gasteiger partial charge in [-0.3, -0.25) is 9.80 Å². The van der Waals surface area contributed by atoms with Gasteiger partial charge in [-0.1, -0.05) is 46.9 Å². The van der Waals surface area contributed by atoms with Crippen molar-refractivity contribution in [2.24, 2.45) is 5.10 Å². The molecule has 37 heavy (non-hydrogen) atoms. The first-order valence-corrected chi connectivity index (χ1v) is 12.6. The van der Waals surface area contributed by atoms with E-state index in [1.165, 1.54) is 6.42 Å². The molecule has 1 amide bonds. The zero-order chi connectivity index (χ0) is 26.9. The number of benzene rings is 2. The Morgan fingerprint density at radius 3 is 2.08 bits per heavy atom. The third-order valence-corrected chi connectivity index (χ3v) is 6.49. The number of hydrazone groups is 1. The van der Waals surface area contributed by atoms with Gasteiger partial charge in [0.25, 0.3) is 0 Å². The first kappa shape index (κ1) is 28.5. The molecule has 0 bridgehead atoms. The van der Waals surface area contributed by atoms with Gasteiger partial charge in [0.1, 0.15) is 5.71 Å². The number of carbonyl (C=O) groups is 3. The standard InChI is InChI=1S/C21H21Cl3N4O.C4H4O4/c22-15-6-4-14(5-7-15)20-13-18(21(29)26-27-10-2-1-3-11-27)25-28(20)19-9-8-16(23)12-17(19)24;5-3(6)1-2-4(7)8/h4-9,12,20H,1-3,10-11,13H2,(H,26,29);1-2H,(H,5,6)(H,7,8)/p+1/b;2-1+/t20-;/m1./s1. The molecule has 1 saturated heterocycles. The van der Waals surface area contributed by atoms with Gasteiger partial charge in [-0.05, 0) is 55.2 Å². The van der Waals surface area contributed by atoms with Gasteiger partial charge in [0.05, 0.1) is 29.8 Å². The molecule has 0 saturated carbocycles. The molecule has 0 aromatic heterocycles. The van der Waals surface area contributed by atoms with E-state index in [1.807, 2.05) is 35.3 Å². The number of carbonyl (C=O) groups excluding carboxylic acids is 1. The molecule has 12 heteroatoms. The van der Waals surface area contributed by atoms with E-state index in [9.17, 15) is 14.4 Å². The van der Waals surface area contributed by atoms with Crippen LogP contribution in [0.4, 0.5) is 5.69 Å². The van der Waals surface area contributed by atoms with Crippen molar-refractivity contribution in [3.63, 3.8) is 0 Å². The van der Waals surface area contributed by atoms with Gasteiger partial charge >= 0.3 is 17.8 Å². The number of halogens is 3. The van der Waals surface area contributed by atoms with Crippen LogP contribution in [0, 0.1) is 0 Å². The molecule has 4 N–H and O–H groups in total. The van der Waals surface area contributed by atoms with Gasteiger partial charge in [0.15, 0.2) is 0 Å². The zero-order valence-corrected chi connectivity index (χ0v) is 21.9. The van der Waals surface area contributed by atoms with Crippen molar-refractivity contribution >= 4 is 64.0 Å². The number of amides is 1. The zero-order valence-electron chi connectivity index (χ0n) is 19.7. The highest BCUT2D eigenvalue weighted by molar-refractivity contribution is 6.40. The van der Waals surface area contributed by atoms with Gasteiger partial charge in [0, 0.05) is 28.6 Å². The maximum absolute atomic E-state index is 12.9. The van der Waals surface area contributed by atoms with E-state index < -0.39 is 11.9 Å². The Morgan fingerprint density at radius 1 is 0.919 bits per heavy atom. The highest BCUT2D eigenvalue weighted by atomic mass is 35.5. The summed E-state index contributed by atoms with van der Waals surface area (Å²) in [5.41, 5.74) is 5.30. The topological polar surface area (TPSA) is 124 Å². The van der Waals surface area contributed by atoms with Gasteiger partial charge in [-0.25, -0.2) is 14.6 Å². The van der Waals surface area contributed by atoms with Crippen LogP contribution >= 0.6 is 34.8 Å². The number of carboxylic acid groups (broad SMARTS) is 2. The number of anilines is 1. The van der Waals surface area contributed by atoms with Crippen molar-refractivity contribution in [2.75, 3.05) is 18.1 Å². The number of quaternary nitrogens is 1. The fourth-order valence-corrected chi connectivity index (χ4v) is 4.58. The summed E-state index contributed by atoms with van der Waals surface area (Å²) >= 11 is 18.6. The Kier molecular flexibility index (Phi) is 10.3. The molecule has 0 spiro atoms. The van der Waals surface area contributed by atoms with Crippen molar-refractivity contribution in [3.8, 4) is 0 Å². The van der Waals surface area contributed by atoms with Gasteiger partial charge in [0.2, 0.25) is 0 Å². The Labute approximate surface area is 228 Å². The molecule has 1 fully saturated rings. The summed E-state index contributed by atoms with van der Waals surface area (Å²) in [7, 11) is 0. The number of nitrogens with zero attached hydrogens (tertiary/aromatic N) is 2. The van der Waals surface area contributed by atoms with Crippen LogP contribution in [-0.4, -0.2) is 46.9 Å². The summed E-state index contributed by atoms with van der Waals surface area (Å²) in [6, 6.07) is 12.7. The Bertz CT molecular complexity index is 1180. The van der Waals surface area contributed by atoms with Crippen LogP contribution in [0.2, 0.25) is 15.1 Å². The molecule has 9 nitrogen and oxygen atoms in total. The fraction of sp³-hybridized carbons (Fsp3) is 0.280. The average molecular weight is 569 g/mol. The number of aliphatic carboxylic acids is 2. The number of hydrogen-bond donors (Lipinski definition) is 4. The van der Waals surface area contributed by atoms with Gasteiger partial charge < -0.3 is 10.2 Å². The van der Waals surface area contributed by atoms with Crippen molar-refractivity contribution in [2.45, 2.75) is 31.7 Å². The minimum atomic E-state index is -1.26.